The van der Waals surface area contributed by atoms with E-state index in [1.165, 1.54) is 10.1 Å². The molecule has 0 radical (unpaired) electrons. The molecule has 0 aliphatic heterocycles. The summed E-state index contributed by atoms with van der Waals surface area (Å²) in [5.41, 5.74) is 0. The summed E-state index contributed by atoms with van der Waals surface area (Å²) in [6.45, 7) is 0. The van der Waals surface area contributed by atoms with E-state index in [1.807, 2.05) is 0 Å². The van der Waals surface area contributed by atoms with Gasteiger partial charge in [0.05, 0.1) is 5.39 Å². The van der Waals surface area contributed by atoms with E-state index in [9.17, 15) is 0 Å². The van der Waals surface area contributed by atoms with Gasteiger partial charge in [0.1, 0.15) is 0 Å². The van der Waals surface area contributed by atoms with Crippen molar-refractivity contribution in [1.29, 1.82) is 0 Å². The van der Waals surface area contributed by atoms with Gasteiger partial charge in [0.25, 0.3) is 0 Å². The van der Waals surface area contributed by atoms with Crippen LogP contribution in [0, 0.1) is 0 Å². The monoisotopic (exact) mass is 153 g/mol. The number of fused-ring (bicyclic) bond motifs is 1. The molecule has 0 unspecified atom stereocenters. The molecule has 2 heterocycles. The lowest BCUT2D eigenvalue weighted by Gasteiger charge is -1.72. The second-order valence-electron chi connectivity index (χ2n) is 1.80. The summed E-state index contributed by atoms with van der Waals surface area (Å²) in [6.07, 6.45) is 0. The molecular weight excluding hydrogens is 148 g/mol. The molecule has 2 rings (SSSR count). The molecule has 0 atom stereocenters. The van der Waals surface area contributed by atoms with Crippen molar-refractivity contribution in [2.45, 2.75) is 0 Å². The van der Waals surface area contributed by atoms with Crippen molar-refractivity contribution in [3.63, 3.8) is 0 Å². The van der Waals surface area contributed by atoms with Gasteiger partial charge in [-0.25, -0.2) is 0 Å². The third-order valence-corrected chi connectivity index (χ3v) is 2.80. The van der Waals surface area contributed by atoms with Crippen LogP contribution in [-0.2, 0) is 0 Å². The van der Waals surface area contributed by atoms with E-state index < -0.39 is 0 Å². The zero-order valence-electron chi connectivity index (χ0n) is 4.70. The zero-order valence-corrected chi connectivity index (χ0v) is 6.34. The molecule has 2 heteroatoms. The second-order valence-corrected chi connectivity index (χ2v) is 3.52. The highest BCUT2D eigenvalue weighted by molar-refractivity contribution is 7.18. The predicted octanol–water partition coefficient (Wildman–Crippen LogP) is 3.24. The van der Waals surface area contributed by atoms with Gasteiger partial charge in [-0.15, -0.1) is 11.3 Å². The first-order chi connectivity index (χ1) is 4.47. The smallest absolute Gasteiger partial charge is 0.143 e. The van der Waals surface area contributed by atoms with Gasteiger partial charge in [-0.1, -0.05) is 0 Å². The fourth-order valence-corrected chi connectivity index (χ4v) is 2.35. The molecule has 0 amide bonds. The van der Waals surface area contributed by atoms with E-state index in [0.29, 0.717) is 0 Å². The van der Waals surface area contributed by atoms with Gasteiger partial charge in [-0.2, -0.15) is 0 Å². The summed E-state index contributed by atoms with van der Waals surface area (Å²) in [5.74, 6) is 0. The lowest BCUT2D eigenvalue weighted by atomic mass is 10.4. The minimum absolute atomic E-state index is 1.37. The van der Waals surface area contributed by atoms with Crippen LogP contribution in [0.5, 0.6) is 0 Å². The quantitative estimate of drug-likeness (QED) is 0.510. The third-order valence-electron chi connectivity index (χ3n) is 1.22. The third kappa shape index (κ3) is 0.843. The fourth-order valence-electron chi connectivity index (χ4n) is 0.777. The van der Waals surface area contributed by atoms with E-state index >= 15 is 0 Å². The minimum atomic E-state index is 1.37. The Bertz CT molecular complexity index is 281. The van der Waals surface area contributed by atoms with Gasteiger partial charge in [0, 0.05) is 10.8 Å². The molecule has 2 aromatic heterocycles. The lowest BCUT2D eigenvalue weighted by Crippen LogP contribution is -1.52. The largest absolute Gasteiger partial charge is 0.212 e. The Hall–Kier alpha value is -0.470. The van der Waals surface area contributed by atoms with Crippen LogP contribution in [0.2, 0.25) is 0 Å². The summed E-state index contributed by atoms with van der Waals surface area (Å²) in [7, 11) is 0. The van der Waals surface area contributed by atoms with Gasteiger partial charge in [0.15, 0.2) is 5.38 Å². The van der Waals surface area contributed by atoms with Gasteiger partial charge in [0.2, 0.25) is 16.7 Å². The summed E-state index contributed by atoms with van der Waals surface area (Å²) >= 11 is 3.54. The molecule has 0 saturated heterocycles. The molecule has 0 fully saturated rings. The molecule has 0 N–H and O–H groups in total. The molecule has 44 valence electrons. The lowest BCUT2D eigenvalue weighted by molar-refractivity contribution is 2.10. The molecular formula is C7H5S2+. The molecule has 0 bridgehead atoms. The maximum absolute atomic E-state index is 2.17. The Balaban J connectivity index is 2.95. The van der Waals surface area contributed by atoms with Crippen molar-refractivity contribution in [3.8, 4) is 0 Å². The molecule has 0 aliphatic carbocycles. The molecule has 0 aromatic carbocycles. The van der Waals surface area contributed by atoms with E-state index in [-0.39, 0.29) is 0 Å². The van der Waals surface area contributed by atoms with Crippen LogP contribution in [0.3, 0.4) is 0 Å². The normalized spacial score (nSPS) is 10.2. The fraction of sp³-hybridized carbons (Fsp3) is 0. The molecule has 0 nitrogen and oxygen atoms in total. The Morgan fingerprint density at radius 1 is 1.33 bits per heavy atom. The minimum Gasteiger partial charge on any atom is -0.143 e. The van der Waals surface area contributed by atoms with Crippen LogP contribution in [-0.4, -0.2) is 0 Å². The SMILES string of the molecule is c1cc2c[s+]ccc2s1. The Kier molecular flexibility index (Phi) is 1.21. The molecule has 2 aromatic rings. The Labute approximate surface area is 61.4 Å². The van der Waals surface area contributed by atoms with Crippen LogP contribution in [0.25, 0.3) is 10.1 Å². The van der Waals surface area contributed by atoms with Crippen LogP contribution >= 0.6 is 22.7 Å². The Morgan fingerprint density at radius 3 is 3.22 bits per heavy atom. The summed E-state index contributed by atoms with van der Waals surface area (Å²) in [5, 5.41) is 7.77. The summed E-state index contributed by atoms with van der Waals surface area (Å²) in [6, 6.07) is 4.31. The zero-order chi connectivity index (χ0) is 6.10. The van der Waals surface area contributed by atoms with E-state index in [4.69, 9.17) is 0 Å². The first kappa shape index (κ1) is 5.33. The van der Waals surface area contributed by atoms with Crippen molar-refractivity contribution in [2.24, 2.45) is 0 Å². The first-order valence-corrected chi connectivity index (χ1v) is 4.52. The number of thiophene rings is 1. The van der Waals surface area contributed by atoms with Gasteiger partial charge < -0.3 is 0 Å². The van der Waals surface area contributed by atoms with E-state index in [1.54, 1.807) is 22.7 Å². The van der Waals surface area contributed by atoms with Crippen molar-refractivity contribution < 1.29 is 0 Å². The van der Waals surface area contributed by atoms with Crippen molar-refractivity contribution in [3.05, 3.63) is 28.3 Å². The van der Waals surface area contributed by atoms with Crippen molar-refractivity contribution >= 4 is 32.8 Å². The highest BCUT2D eigenvalue weighted by atomic mass is 32.1. The molecule has 0 aliphatic rings. The standard InChI is InChI=1S/C7H5S2/c1-4-9-7-2-3-8-5-6(1)7/h1-5H/q+1. The first-order valence-electron chi connectivity index (χ1n) is 2.69. The van der Waals surface area contributed by atoms with E-state index in [2.05, 4.69) is 28.3 Å². The Morgan fingerprint density at radius 2 is 2.33 bits per heavy atom. The van der Waals surface area contributed by atoms with Crippen LogP contribution < -0.4 is 0 Å². The summed E-state index contributed by atoms with van der Waals surface area (Å²) < 4.78 is 1.38. The van der Waals surface area contributed by atoms with Crippen LogP contribution in [0.15, 0.2) is 28.3 Å². The van der Waals surface area contributed by atoms with Gasteiger partial charge >= 0.3 is 0 Å². The maximum Gasteiger partial charge on any atom is 0.212 e. The number of hydrogen-bond acceptors (Lipinski definition) is 1. The molecule has 9 heavy (non-hydrogen) atoms. The number of hydrogen-bond donors (Lipinski definition) is 0. The van der Waals surface area contributed by atoms with Crippen molar-refractivity contribution in [1.82, 2.24) is 0 Å². The van der Waals surface area contributed by atoms with Crippen LogP contribution in [0.4, 0.5) is 0 Å². The van der Waals surface area contributed by atoms with Crippen molar-refractivity contribution in [2.75, 3.05) is 0 Å². The average Bonchev–Trinajstić information content (AvgIpc) is 2.33. The molecule has 0 spiro atoms. The van der Waals surface area contributed by atoms with Gasteiger partial charge in [-0.3, -0.25) is 0 Å². The highest BCUT2D eigenvalue weighted by Gasteiger charge is 1.96. The van der Waals surface area contributed by atoms with Crippen LogP contribution in [0.1, 0.15) is 0 Å². The maximum atomic E-state index is 2.17. The van der Waals surface area contributed by atoms with Gasteiger partial charge in [-0.05, 0) is 11.4 Å². The average molecular weight is 153 g/mol. The molecule has 0 saturated carbocycles. The number of rotatable bonds is 0. The topological polar surface area (TPSA) is 0 Å². The summed E-state index contributed by atoms with van der Waals surface area (Å²) in [4.78, 5) is 0. The highest BCUT2D eigenvalue weighted by Crippen LogP contribution is 2.20. The second kappa shape index (κ2) is 2.05. The predicted molar refractivity (Wildman–Crippen MR) is 44.1 cm³/mol. The van der Waals surface area contributed by atoms with E-state index in [0.717, 1.165) is 0 Å².